The molecule has 1 fully saturated rings. The molecule has 5 rings (SSSR count). The van der Waals surface area contributed by atoms with Gasteiger partial charge in [0.05, 0.1) is 11.2 Å². The summed E-state index contributed by atoms with van der Waals surface area (Å²) < 4.78 is 0. The van der Waals surface area contributed by atoms with E-state index in [2.05, 4.69) is 27.8 Å². The number of benzene rings is 3. The number of hydrogen-bond donors (Lipinski definition) is 2. The summed E-state index contributed by atoms with van der Waals surface area (Å²) in [5, 5.41) is 7.40. The third kappa shape index (κ3) is 4.26. The van der Waals surface area contributed by atoms with Gasteiger partial charge in [-0.15, -0.1) is 0 Å². The van der Waals surface area contributed by atoms with E-state index >= 15 is 0 Å². The summed E-state index contributed by atoms with van der Waals surface area (Å²) in [7, 11) is 0. The van der Waals surface area contributed by atoms with Gasteiger partial charge in [0.15, 0.2) is 0 Å². The van der Waals surface area contributed by atoms with Crippen LogP contribution in [0.25, 0.3) is 10.9 Å². The number of nitrogens with zero attached hydrogens (tertiary/aromatic N) is 2. The molecule has 5 nitrogen and oxygen atoms in total. The molecule has 1 amide bonds. The van der Waals surface area contributed by atoms with Crippen LogP contribution < -0.4 is 10.6 Å². The van der Waals surface area contributed by atoms with Crippen LogP contribution in [0.1, 0.15) is 45.9 Å². The van der Waals surface area contributed by atoms with Gasteiger partial charge in [0.2, 0.25) is 5.95 Å². The van der Waals surface area contributed by atoms with Gasteiger partial charge in [-0.3, -0.25) is 4.79 Å². The molecule has 2 N–H and O–H groups in total. The average Bonchev–Trinajstić information content (AvgIpc) is 3.58. The highest BCUT2D eigenvalue weighted by atomic mass is 16.1. The van der Waals surface area contributed by atoms with Gasteiger partial charge in [-0.25, -0.2) is 9.97 Å². The van der Waals surface area contributed by atoms with Crippen LogP contribution in [0.3, 0.4) is 0 Å². The van der Waals surface area contributed by atoms with Crippen molar-refractivity contribution in [2.24, 2.45) is 0 Å². The summed E-state index contributed by atoms with van der Waals surface area (Å²) >= 11 is 0. The monoisotopic (exact) mass is 408 g/mol. The van der Waals surface area contributed by atoms with Gasteiger partial charge in [0, 0.05) is 28.2 Å². The number of nitrogens with one attached hydrogen (secondary N) is 2. The third-order valence-corrected chi connectivity index (χ3v) is 5.48. The molecule has 0 radical (unpaired) electrons. The fourth-order valence-electron chi connectivity index (χ4n) is 3.91. The molecule has 0 bridgehead atoms. The molecule has 1 aliphatic rings. The maximum Gasteiger partial charge on any atom is 0.255 e. The van der Waals surface area contributed by atoms with E-state index in [0.717, 1.165) is 39.1 Å². The fourth-order valence-corrected chi connectivity index (χ4v) is 3.91. The fraction of sp³-hybridized carbons (Fsp3) is 0.192. The summed E-state index contributed by atoms with van der Waals surface area (Å²) in [5.41, 5.74) is 6.57. The Labute approximate surface area is 181 Å². The number of carbonyl (C=O) groups excluding carboxylic acids is 1. The SMILES string of the molecule is Cc1cc(C)cc(NC(=O)c2ccc(Nc3nc(C4CC4)c4ccccc4n3)cc2)c1. The van der Waals surface area contributed by atoms with Crippen molar-refractivity contribution in [2.45, 2.75) is 32.6 Å². The number of aryl methyl sites for hydroxylation is 2. The van der Waals surface area contributed by atoms with Crippen LogP contribution >= 0.6 is 0 Å². The number of fused-ring (bicyclic) bond motifs is 1. The van der Waals surface area contributed by atoms with Crippen molar-refractivity contribution in [3.63, 3.8) is 0 Å². The van der Waals surface area contributed by atoms with Crippen molar-refractivity contribution in [3.8, 4) is 0 Å². The second kappa shape index (κ2) is 7.84. The molecule has 1 saturated carbocycles. The van der Waals surface area contributed by atoms with E-state index in [1.807, 2.05) is 68.4 Å². The largest absolute Gasteiger partial charge is 0.324 e. The van der Waals surface area contributed by atoms with E-state index in [1.54, 1.807) is 0 Å². The number of para-hydroxylation sites is 1. The lowest BCUT2D eigenvalue weighted by molar-refractivity contribution is 0.102. The molecule has 154 valence electrons. The summed E-state index contributed by atoms with van der Waals surface area (Å²) in [5.74, 6) is 0.993. The molecule has 0 atom stereocenters. The Bertz CT molecular complexity index is 1260. The Balaban J connectivity index is 1.34. The Morgan fingerprint density at radius 2 is 1.58 bits per heavy atom. The van der Waals surface area contributed by atoms with E-state index in [4.69, 9.17) is 4.98 Å². The van der Waals surface area contributed by atoms with Crippen LogP contribution in [-0.4, -0.2) is 15.9 Å². The lowest BCUT2D eigenvalue weighted by Gasteiger charge is -2.11. The van der Waals surface area contributed by atoms with Gasteiger partial charge in [-0.2, -0.15) is 0 Å². The molecule has 0 aliphatic heterocycles. The number of aromatic nitrogens is 2. The van der Waals surface area contributed by atoms with Crippen LogP contribution in [0.15, 0.2) is 66.7 Å². The second-order valence-corrected chi connectivity index (χ2v) is 8.26. The molecule has 31 heavy (non-hydrogen) atoms. The summed E-state index contributed by atoms with van der Waals surface area (Å²) in [6.07, 6.45) is 2.37. The van der Waals surface area contributed by atoms with Crippen LogP contribution in [0.2, 0.25) is 0 Å². The van der Waals surface area contributed by atoms with E-state index in [1.165, 1.54) is 12.8 Å². The first-order valence-corrected chi connectivity index (χ1v) is 10.6. The molecule has 3 aromatic carbocycles. The molecule has 1 aromatic heterocycles. The molecule has 0 saturated heterocycles. The average molecular weight is 409 g/mol. The number of amides is 1. The van der Waals surface area contributed by atoms with E-state index in [0.29, 0.717) is 17.4 Å². The minimum Gasteiger partial charge on any atom is -0.324 e. The Kier molecular flexibility index (Phi) is 4.86. The van der Waals surface area contributed by atoms with Crippen molar-refractivity contribution in [1.29, 1.82) is 0 Å². The second-order valence-electron chi connectivity index (χ2n) is 8.26. The zero-order valence-electron chi connectivity index (χ0n) is 17.6. The first-order valence-electron chi connectivity index (χ1n) is 10.6. The predicted octanol–water partition coefficient (Wildman–Crippen LogP) is 6.12. The number of carbonyl (C=O) groups is 1. The van der Waals surface area contributed by atoms with Gasteiger partial charge in [0.25, 0.3) is 5.91 Å². The van der Waals surface area contributed by atoms with E-state index in [-0.39, 0.29) is 5.91 Å². The predicted molar refractivity (Wildman–Crippen MR) is 125 cm³/mol. The molecule has 1 aliphatic carbocycles. The highest BCUT2D eigenvalue weighted by Gasteiger charge is 2.27. The highest BCUT2D eigenvalue weighted by Crippen LogP contribution is 2.42. The Morgan fingerprint density at radius 3 is 2.29 bits per heavy atom. The van der Waals surface area contributed by atoms with Gasteiger partial charge in [-0.05, 0) is 80.3 Å². The number of anilines is 3. The summed E-state index contributed by atoms with van der Waals surface area (Å²) in [4.78, 5) is 22.1. The standard InChI is InChI=1S/C26H24N4O/c1-16-13-17(2)15-21(14-16)27-25(31)19-9-11-20(12-10-19)28-26-29-23-6-4-3-5-22(23)24(30-26)18-7-8-18/h3-6,9-15,18H,7-8H2,1-2H3,(H,27,31)(H,28,29,30). The lowest BCUT2D eigenvalue weighted by atomic mass is 10.1. The topological polar surface area (TPSA) is 66.9 Å². The number of rotatable bonds is 5. The minimum atomic E-state index is -0.130. The van der Waals surface area contributed by atoms with Crippen LogP contribution in [0.4, 0.5) is 17.3 Å². The van der Waals surface area contributed by atoms with Crippen molar-refractivity contribution in [3.05, 3.63) is 89.1 Å². The zero-order valence-corrected chi connectivity index (χ0v) is 17.6. The van der Waals surface area contributed by atoms with Crippen LogP contribution in [0, 0.1) is 13.8 Å². The first-order chi connectivity index (χ1) is 15.0. The molecule has 0 unspecified atom stereocenters. The Hall–Kier alpha value is -3.73. The van der Waals surface area contributed by atoms with Gasteiger partial charge < -0.3 is 10.6 Å². The molecule has 0 spiro atoms. The third-order valence-electron chi connectivity index (χ3n) is 5.48. The van der Waals surface area contributed by atoms with Gasteiger partial charge in [-0.1, -0.05) is 24.3 Å². The molecular formula is C26H24N4O. The summed E-state index contributed by atoms with van der Waals surface area (Å²) in [6.45, 7) is 4.04. The van der Waals surface area contributed by atoms with Gasteiger partial charge >= 0.3 is 0 Å². The number of hydrogen-bond acceptors (Lipinski definition) is 4. The molecule has 4 aromatic rings. The van der Waals surface area contributed by atoms with Crippen molar-refractivity contribution < 1.29 is 4.79 Å². The normalized spacial score (nSPS) is 13.2. The molecule has 1 heterocycles. The minimum absolute atomic E-state index is 0.130. The van der Waals surface area contributed by atoms with Gasteiger partial charge in [0.1, 0.15) is 0 Å². The van der Waals surface area contributed by atoms with Crippen molar-refractivity contribution in [1.82, 2.24) is 9.97 Å². The van der Waals surface area contributed by atoms with E-state index in [9.17, 15) is 4.79 Å². The highest BCUT2D eigenvalue weighted by molar-refractivity contribution is 6.04. The Morgan fingerprint density at radius 1 is 0.871 bits per heavy atom. The first kappa shape index (κ1) is 19.2. The van der Waals surface area contributed by atoms with Crippen LogP contribution in [0.5, 0.6) is 0 Å². The smallest absolute Gasteiger partial charge is 0.255 e. The van der Waals surface area contributed by atoms with Crippen LogP contribution in [-0.2, 0) is 0 Å². The quantitative estimate of drug-likeness (QED) is 0.417. The zero-order chi connectivity index (χ0) is 21.4. The summed E-state index contributed by atoms with van der Waals surface area (Å²) in [6, 6.07) is 21.5. The maximum atomic E-state index is 12.6. The maximum absolute atomic E-state index is 12.6. The molecule has 5 heteroatoms. The lowest BCUT2D eigenvalue weighted by Crippen LogP contribution is -2.12. The van der Waals surface area contributed by atoms with E-state index < -0.39 is 0 Å². The van der Waals surface area contributed by atoms with Crippen molar-refractivity contribution >= 4 is 34.1 Å². The van der Waals surface area contributed by atoms with Crippen molar-refractivity contribution in [2.75, 3.05) is 10.6 Å². The molecular weight excluding hydrogens is 384 g/mol.